The summed E-state index contributed by atoms with van der Waals surface area (Å²) in [6.07, 6.45) is 0. The lowest BCUT2D eigenvalue weighted by molar-refractivity contribution is 0.0391. The summed E-state index contributed by atoms with van der Waals surface area (Å²) < 4.78 is 12.0. The number of benzene rings is 2. The summed E-state index contributed by atoms with van der Waals surface area (Å²) in [6.45, 7) is 7.06. The molecule has 30 heavy (non-hydrogen) atoms. The number of halogens is 1. The van der Waals surface area contributed by atoms with Crippen LogP contribution in [0.15, 0.2) is 42.5 Å². The van der Waals surface area contributed by atoms with Crippen molar-refractivity contribution < 1.29 is 14.3 Å². The van der Waals surface area contributed by atoms with E-state index < -0.39 is 0 Å². The summed E-state index contributed by atoms with van der Waals surface area (Å²) in [7, 11) is 0. The van der Waals surface area contributed by atoms with Crippen molar-refractivity contribution >= 4 is 44.2 Å². The first-order valence-electron chi connectivity index (χ1n) is 10.0. The van der Waals surface area contributed by atoms with Gasteiger partial charge in [-0.25, -0.2) is 4.98 Å². The molecule has 1 aliphatic heterocycles. The van der Waals surface area contributed by atoms with E-state index in [1.807, 2.05) is 25.1 Å². The summed E-state index contributed by atoms with van der Waals surface area (Å²) in [5.74, 6) is 0.705. The van der Waals surface area contributed by atoms with Gasteiger partial charge in [0.05, 0.1) is 30.0 Å². The van der Waals surface area contributed by atoms with E-state index in [-0.39, 0.29) is 5.91 Å². The van der Waals surface area contributed by atoms with Crippen molar-refractivity contribution in [3.05, 3.63) is 53.1 Å². The van der Waals surface area contributed by atoms with Crippen LogP contribution < -0.4 is 9.64 Å². The summed E-state index contributed by atoms with van der Waals surface area (Å²) in [5, 5.41) is 1.22. The monoisotopic (exact) mass is 445 g/mol. The quantitative estimate of drug-likeness (QED) is 0.542. The zero-order chi connectivity index (χ0) is 20.9. The van der Waals surface area contributed by atoms with Gasteiger partial charge in [-0.05, 0) is 43.3 Å². The molecule has 0 spiro atoms. The van der Waals surface area contributed by atoms with Crippen LogP contribution in [-0.2, 0) is 4.74 Å². The maximum Gasteiger partial charge on any atom is 0.260 e. The molecule has 6 nitrogen and oxygen atoms in total. The highest BCUT2D eigenvalue weighted by molar-refractivity contribution is 7.22. The smallest absolute Gasteiger partial charge is 0.260 e. The predicted octanol–water partition coefficient (Wildman–Crippen LogP) is 4.33. The maximum atomic E-state index is 13.4. The lowest BCUT2D eigenvalue weighted by Gasteiger charge is -2.29. The van der Waals surface area contributed by atoms with E-state index in [0.717, 1.165) is 48.8 Å². The largest absolute Gasteiger partial charge is 0.494 e. The molecule has 0 atom stereocenters. The van der Waals surface area contributed by atoms with E-state index in [1.54, 1.807) is 29.2 Å². The molecule has 1 saturated heterocycles. The van der Waals surface area contributed by atoms with Gasteiger partial charge in [0.1, 0.15) is 5.75 Å². The molecule has 1 aliphatic rings. The lowest BCUT2D eigenvalue weighted by Crippen LogP contribution is -2.43. The van der Waals surface area contributed by atoms with Gasteiger partial charge < -0.3 is 9.47 Å². The molecule has 8 heteroatoms. The molecule has 1 amide bonds. The van der Waals surface area contributed by atoms with Crippen LogP contribution >= 0.6 is 22.9 Å². The number of hydrogen-bond donors (Lipinski definition) is 0. The van der Waals surface area contributed by atoms with Crippen molar-refractivity contribution in [2.45, 2.75) is 6.92 Å². The molecule has 2 aromatic carbocycles. The van der Waals surface area contributed by atoms with Gasteiger partial charge in [0.15, 0.2) is 5.13 Å². The van der Waals surface area contributed by atoms with Gasteiger partial charge in [0, 0.05) is 36.8 Å². The van der Waals surface area contributed by atoms with Gasteiger partial charge in [-0.2, -0.15) is 0 Å². The van der Waals surface area contributed by atoms with Gasteiger partial charge in [-0.1, -0.05) is 29.0 Å². The molecule has 158 valence electrons. The third-order valence-electron chi connectivity index (χ3n) is 4.95. The summed E-state index contributed by atoms with van der Waals surface area (Å²) in [4.78, 5) is 22.2. The molecule has 0 saturated carbocycles. The van der Waals surface area contributed by atoms with Crippen LogP contribution in [0.3, 0.4) is 0 Å². The van der Waals surface area contributed by atoms with E-state index in [0.29, 0.717) is 28.9 Å². The molecule has 1 fully saturated rings. The highest BCUT2D eigenvalue weighted by atomic mass is 35.5. The third-order valence-corrected chi connectivity index (χ3v) is 6.23. The average Bonchev–Trinajstić information content (AvgIpc) is 3.18. The first-order valence-corrected chi connectivity index (χ1v) is 11.2. The van der Waals surface area contributed by atoms with Crippen molar-refractivity contribution in [1.29, 1.82) is 0 Å². The maximum absolute atomic E-state index is 13.4. The Morgan fingerprint density at radius 3 is 2.87 bits per heavy atom. The third kappa shape index (κ3) is 4.92. The molecule has 4 rings (SSSR count). The number of ether oxygens (including phenoxy) is 2. The second-order valence-corrected chi connectivity index (χ2v) is 8.43. The molecule has 2 heterocycles. The van der Waals surface area contributed by atoms with E-state index in [4.69, 9.17) is 26.1 Å². The van der Waals surface area contributed by atoms with Crippen LogP contribution in [-0.4, -0.2) is 61.8 Å². The Kier molecular flexibility index (Phi) is 6.84. The van der Waals surface area contributed by atoms with Crippen LogP contribution in [0.25, 0.3) is 10.2 Å². The number of aromatic nitrogens is 1. The van der Waals surface area contributed by atoms with Gasteiger partial charge in [0.25, 0.3) is 5.91 Å². The Balaban J connectivity index is 1.63. The number of carbonyl (C=O) groups is 1. The number of nitrogens with zero attached hydrogens (tertiary/aromatic N) is 3. The molecule has 1 aromatic heterocycles. The number of rotatable bonds is 7. The van der Waals surface area contributed by atoms with Crippen LogP contribution in [0.2, 0.25) is 5.02 Å². The van der Waals surface area contributed by atoms with Crippen molar-refractivity contribution in [2.24, 2.45) is 0 Å². The topological polar surface area (TPSA) is 54.9 Å². The van der Waals surface area contributed by atoms with E-state index in [9.17, 15) is 4.79 Å². The Labute approximate surface area is 185 Å². The molecular formula is C22H24ClN3O3S. The van der Waals surface area contributed by atoms with Crippen molar-refractivity contribution in [3.8, 4) is 5.75 Å². The van der Waals surface area contributed by atoms with Crippen molar-refractivity contribution in [3.63, 3.8) is 0 Å². The van der Waals surface area contributed by atoms with Crippen molar-refractivity contribution in [2.75, 3.05) is 50.9 Å². The Hall–Kier alpha value is -2.19. The summed E-state index contributed by atoms with van der Waals surface area (Å²) in [5.41, 5.74) is 1.41. The van der Waals surface area contributed by atoms with Crippen LogP contribution in [0.1, 0.15) is 17.3 Å². The van der Waals surface area contributed by atoms with E-state index in [2.05, 4.69) is 4.90 Å². The minimum Gasteiger partial charge on any atom is -0.494 e. The van der Waals surface area contributed by atoms with Gasteiger partial charge in [-0.15, -0.1) is 0 Å². The first kappa shape index (κ1) is 21.1. The van der Waals surface area contributed by atoms with Gasteiger partial charge >= 0.3 is 0 Å². The molecular weight excluding hydrogens is 422 g/mol. The minimum atomic E-state index is -0.102. The first-order chi connectivity index (χ1) is 14.6. The molecule has 0 bridgehead atoms. The van der Waals surface area contributed by atoms with Gasteiger partial charge in [0.2, 0.25) is 0 Å². The average molecular weight is 446 g/mol. The van der Waals surface area contributed by atoms with E-state index in [1.165, 1.54) is 11.3 Å². The predicted molar refractivity (Wildman–Crippen MR) is 121 cm³/mol. The zero-order valence-electron chi connectivity index (χ0n) is 16.8. The number of fused-ring (bicyclic) bond motifs is 1. The summed E-state index contributed by atoms with van der Waals surface area (Å²) >= 11 is 7.63. The minimum absolute atomic E-state index is 0.102. The van der Waals surface area contributed by atoms with E-state index >= 15 is 0 Å². The Morgan fingerprint density at radius 2 is 2.10 bits per heavy atom. The fourth-order valence-electron chi connectivity index (χ4n) is 3.39. The molecule has 0 unspecified atom stereocenters. The highest BCUT2D eigenvalue weighted by Crippen LogP contribution is 2.32. The molecule has 0 aliphatic carbocycles. The van der Waals surface area contributed by atoms with Crippen LogP contribution in [0.5, 0.6) is 5.75 Å². The van der Waals surface area contributed by atoms with Gasteiger partial charge in [-0.3, -0.25) is 14.6 Å². The number of amides is 1. The lowest BCUT2D eigenvalue weighted by atomic mass is 10.2. The van der Waals surface area contributed by atoms with Crippen LogP contribution in [0, 0.1) is 0 Å². The number of thiazole rings is 1. The van der Waals surface area contributed by atoms with Crippen LogP contribution in [0.4, 0.5) is 5.13 Å². The molecule has 3 aromatic rings. The second-order valence-electron chi connectivity index (χ2n) is 6.98. The standard InChI is InChI=1S/C22H24ClN3O3S/c1-2-29-18-6-7-19-20(15-18)30-22(24-19)26(9-8-25-10-12-28-13-11-25)21(27)16-4-3-5-17(23)14-16/h3-7,14-15H,2,8-13H2,1H3. The molecule has 0 N–H and O–H groups in total. The molecule has 0 radical (unpaired) electrons. The fourth-order valence-corrected chi connectivity index (χ4v) is 4.60. The van der Waals surface area contributed by atoms with Crippen molar-refractivity contribution in [1.82, 2.24) is 9.88 Å². The second kappa shape index (κ2) is 9.75. The summed E-state index contributed by atoms with van der Waals surface area (Å²) in [6, 6.07) is 12.9. The number of carbonyl (C=O) groups excluding carboxylic acids is 1. The fraction of sp³-hybridized carbons (Fsp3) is 0.364. The SMILES string of the molecule is CCOc1ccc2nc(N(CCN3CCOCC3)C(=O)c3cccc(Cl)c3)sc2c1. The highest BCUT2D eigenvalue weighted by Gasteiger charge is 2.23. The Bertz CT molecular complexity index is 1020. The number of morpholine rings is 1. The normalized spacial score (nSPS) is 14.7. The number of hydrogen-bond acceptors (Lipinski definition) is 6. The number of anilines is 1. The zero-order valence-corrected chi connectivity index (χ0v) is 18.4. The Morgan fingerprint density at radius 1 is 1.27 bits per heavy atom.